The quantitative estimate of drug-likeness (QED) is 0.641. The van der Waals surface area contributed by atoms with Crippen molar-refractivity contribution in [1.29, 1.82) is 0 Å². The normalized spacial score (nSPS) is 11.2. The molecule has 0 unspecified atom stereocenters. The van der Waals surface area contributed by atoms with Gasteiger partial charge in [0.05, 0.1) is 19.9 Å². The number of ether oxygens (including phenoxy) is 2. The second-order valence-electron chi connectivity index (χ2n) is 7.86. The first kappa shape index (κ1) is 23.0. The molecule has 2 aromatic carbocycles. The third kappa shape index (κ3) is 6.95. The summed E-state index contributed by atoms with van der Waals surface area (Å²) < 4.78 is 10.4. The Bertz CT molecular complexity index is 896. The van der Waals surface area contributed by atoms with E-state index in [9.17, 15) is 9.59 Å². The third-order valence-corrected chi connectivity index (χ3v) is 4.53. The molecule has 0 saturated carbocycles. The Morgan fingerprint density at radius 2 is 1.70 bits per heavy atom. The Balaban J connectivity index is 1.85. The number of benzene rings is 2. The zero-order valence-corrected chi connectivity index (χ0v) is 18.2. The predicted octanol–water partition coefficient (Wildman–Crippen LogP) is 4.16. The van der Waals surface area contributed by atoms with Crippen molar-refractivity contribution in [2.24, 2.45) is 0 Å². The van der Waals surface area contributed by atoms with Crippen LogP contribution in [0, 0.1) is 0 Å². The summed E-state index contributed by atoms with van der Waals surface area (Å²) in [5.74, 6) is 0.903. The molecule has 0 aliphatic rings. The van der Waals surface area contributed by atoms with Crippen LogP contribution in [0.25, 0.3) is 6.08 Å². The maximum atomic E-state index is 12.3. The van der Waals surface area contributed by atoms with Crippen LogP contribution in [0.1, 0.15) is 38.3 Å². The van der Waals surface area contributed by atoms with Crippen molar-refractivity contribution in [2.45, 2.75) is 32.6 Å². The lowest BCUT2D eigenvalue weighted by Gasteiger charge is -2.21. The molecule has 2 aromatic rings. The van der Waals surface area contributed by atoms with Gasteiger partial charge in [0, 0.05) is 19.0 Å². The minimum atomic E-state index is -0.258. The molecule has 0 atom stereocenters. The van der Waals surface area contributed by atoms with Gasteiger partial charge in [-0.2, -0.15) is 0 Å². The topological polar surface area (TPSA) is 76.7 Å². The van der Waals surface area contributed by atoms with Gasteiger partial charge in [-0.1, -0.05) is 39.0 Å². The van der Waals surface area contributed by atoms with Crippen molar-refractivity contribution in [3.63, 3.8) is 0 Å². The number of hydrogen-bond donors (Lipinski definition) is 2. The van der Waals surface area contributed by atoms with Crippen LogP contribution >= 0.6 is 0 Å². The first-order chi connectivity index (χ1) is 14.2. The average Bonchev–Trinajstić information content (AvgIpc) is 2.72. The maximum Gasteiger partial charge on any atom is 0.244 e. The van der Waals surface area contributed by atoms with Gasteiger partial charge < -0.3 is 20.1 Å². The largest absolute Gasteiger partial charge is 0.497 e. The van der Waals surface area contributed by atoms with Gasteiger partial charge in [-0.3, -0.25) is 9.59 Å². The lowest BCUT2D eigenvalue weighted by Crippen LogP contribution is -2.26. The van der Waals surface area contributed by atoms with Crippen LogP contribution in [0.3, 0.4) is 0 Å². The molecule has 160 valence electrons. The molecule has 0 aliphatic heterocycles. The minimum absolute atomic E-state index is 0.0457. The number of rotatable bonds is 8. The highest BCUT2D eigenvalue weighted by atomic mass is 16.5. The van der Waals surface area contributed by atoms with E-state index in [2.05, 4.69) is 31.4 Å². The number of nitrogens with one attached hydrogen (secondary N) is 2. The first-order valence-electron chi connectivity index (χ1n) is 9.81. The smallest absolute Gasteiger partial charge is 0.244 e. The monoisotopic (exact) mass is 410 g/mol. The summed E-state index contributed by atoms with van der Waals surface area (Å²) in [5, 5.41) is 5.59. The summed E-state index contributed by atoms with van der Waals surface area (Å²) in [7, 11) is 3.17. The zero-order chi connectivity index (χ0) is 22.1. The van der Waals surface area contributed by atoms with E-state index in [1.165, 1.54) is 6.08 Å². The van der Waals surface area contributed by atoms with Crippen LogP contribution in [-0.4, -0.2) is 32.6 Å². The van der Waals surface area contributed by atoms with Gasteiger partial charge in [0.1, 0.15) is 11.5 Å². The standard InChI is InChI=1S/C24H30N2O4/c1-24(2,3)18-9-12-21(30-5)20(16-18)26-23(28)14-15-25-22(27)13-8-17-6-10-19(29-4)11-7-17/h6-13,16H,14-15H2,1-5H3,(H,25,27)(H,26,28)/b13-8+. The van der Waals surface area contributed by atoms with E-state index < -0.39 is 0 Å². The Labute approximate surface area is 178 Å². The average molecular weight is 411 g/mol. The number of anilines is 1. The van der Waals surface area contributed by atoms with Gasteiger partial charge >= 0.3 is 0 Å². The van der Waals surface area contributed by atoms with Crippen LogP contribution in [0.15, 0.2) is 48.5 Å². The Morgan fingerprint density at radius 3 is 2.30 bits per heavy atom. The minimum Gasteiger partial charge on any atom is -0.497 e. The molecular weight excluding hydrogens is 380 g/mol. The molecule has 0 bridgehead atoms. The van der Waals surface area contributed by atoms with E-state index in [0.29, 0.717) is 11.4 Å². The Hall–Kier alpha value is -3.28. The lowest BCUT2D eigenvalue weighted by molar-refractivity contribution is -0.117. The summed E-state index contributed by atoms with van der Waals surface area (Å²) in [5.41, 5.74) is 2.56. The molecule has 6 heteroatoms. The molecule has 0 spiro atoms. The maximum absolute atomic E-state index is 12.3. The fourth-order valence-electron chi connectivity index (χ4n) is 2.73. The lowest BCUT2D eigenvalue weighted by atomic mass is 9.87. The highest BCUT2D eigenvalue weighted by molar-refractivity contribution is 5.94. The molecule has 0 radical (unpaired) electrons. The van der Waals surface area contributed by atoms with Gasteiger partial charge in [-0.05, 0) is 46.9 Å². The molecule has 0 saturated heterocycles. The molecular formula is C24H30N2O4. The van der Waals surface area contributed by atoms with Crippen molar-refractivity contribution >= 4 is 23.6 Å². The number of amides is 2. The fourth-order valence-corrected chi connectivity index (χ4v) is 2.73. The van der Waals surface area contributed by atoms with E-state index >= 15 is 0 Å². The summed E-state index contributed by atoms with van der Waals surface area (Å²) in [6, 6.07) is 13.1. The molecule has 0 fully saturated rings. The van der Waals surface area contributed by atoms with E-state index in [0.717, 1.165) is 16.9 Å². The number of hydrogen-bond acceptors (Lipinski definition) is 4. The number of carbonyl (C=O) groups excluding carboxylic acids is 2. The van der Waals surface area contributed by atoms with E-state index in [-0.39, 0.29) is 30.2 Å². The zero-order valence-electron chi connectivity index (χ0n) is 18.2. The van der Waals surface area contributed by atoms with Crippen LogP contribution < -0.4 is 20.1 Å². The third-order valence-electron chi connectivity index (χ3n) is 4.53. The molecule has 30 heavy (non-hydrogen) atoms. The number of carbonyl (C=O) groups is 2. The van der Waals surface area contributed by atoms with Crippen LogP contribution in [-0.2, 0) is 15.0 Å². The second kappa shape index (κ2) is 10.5. The molecule has 0 heterocycles. The molecule has 2 N–H and O–H groups in total. The summed E-state index contributed by atoms with van der Waals surface area (Å²) >= 11 is 0. The Kier molecular flexibility index (Phi) is 8.04. The fraction of sp³-hybridized carbons (Fsp3) is 0.333. The highest BCUT2D eigenvalue weighted by Crippen LogP contribution is 2.31. The van der Waals surface area contributed by atoms with Crippen molar-refractivity contribution in [3.05, 3.63) is 59.7 Å². The summed E-state index contributed by atoms with van der Waals surface area (Å²) in [4.78, 5) is 24.3. The van der Waals surface area contributed by atoms with Crippen molar-refractivity contribution in [2.75, 3.05) is 26.1 Å². The van der Waals surface area contributed by atoms with Gasteiger partial charge in [0.2, 0.25) is 11.8 Å². The van der Waals surface area contributed by atoms with Crippen LogP contribution in [0.5, 0.6) is 11.5 Å². The number of methoxy groups -OCH3 is 2. The molecule has 6 nitrogen and oxygen atoms in total. The molecule has 2 amide bonds. The van der Waals surface area contributed by atoms with Gasteiger partial charge in [0.25, 0.3) is 0 Å². The van der Waals surface area contributed by atoms with E-state index in [1.54, 1.807) is 20.3 Å². The SMILES string of the molecule is COc1ccc(/C=C/C(=O)NCCC(=O)Nc2cc(C(C)(C)C)ccc2OC)cc1. The van der Waals surface area contributed by atoms with Crippen molar-refractivity contribution in [3.8, 4) is 11.5 Å². The summed E-state index contributed by atoms with van der Waals surface area (Å²) in [6.45, 7) is 6.55. The van der Waals surface area contributed by atoms with Gasteiger partial charge in [-0.15, -0.1) is 0 Å². The molecule has 0 aromatic heterocycles. The molecule has 0 aliphatic carbocycles. The van der Waals surface area contributed by atoms with E-state index in [4.69, 9.17) is 9.47 Å². The first-order valence-corrected chi connectivity index (χ1v) is 9.81. The second-order valence-corrected chi connectivity index (χ2v) is 7.86. The van der Waals surface area contributed by atoms with Crippen LogP contribution in [0.2, 0.25) is 0 Å². The predicted molar refractivity (Wildman–Crippen MR) is 120 cm³/mol. The Morgan fingerprint density at radius 1 is 1.00 bits per heavy atom. The van der Waals surface area contributed by atoms with Crippen molar-refractivity contribution in [1.82, 2.24) is 5.32 Å². The van der Waals surface area contributed by atoms with Crippen molar-refractivity contribution < 1.29 is 19.1 Å². The van der Waals surface area contributed by atoms with Gasteiger partial charge in [0.15, 0.2) is 0 Å². The summed E-state index contributed by atoms with van der Waals surface area (Å²) in [6.07, 6.45) is 3.30. The van der Waals surface area contributed by atoms with Crippen LogP contribution in [0.4, 0.5) is 5.69 Å². The highest BCUT2D eigenvalue weighted by Gasteiger charge is 2.17. The van der Waals surface area contributed by atoms with Gasteiger partial charge in [-0.25, -0.2) is 0 Å². The van der Waals surface area contributed by atoms with E-state index in [1.807, 2.05) is 42.5 Å². The molecule has 2 rings (SSSR count).